The Hall–Kier alpha value is -2.08. The molecule has 1 N–H and O–H groups in total. The third kappa shape index (κ3) is 4.96. The van der Waals surface area contributed by atoms with Crippen molar-refractivity contribution in [3.8, 4) is 11.5 Å². The lowest BCUT2D eigenvalue weighted by atomic mass is 10.1. The van der Waals surface area contributed by atoms with Gasteiger partial charge < -0.3 is 14.8 Å². The van der Waals surface area contributed by atoms with Crippen LogP contribution in [0.1, 0.15) is 25.1 Å². The number of aryl methyl sites for hydroxylation is 1. The minimum atomic E-state index is -0.139. The summed E-state index contributed by atoms with van der Waals surface area (Å²) in [5, 5.41) is 2.81. The molecular weight excluding hydrogens is 372 g/mol. The highest BCUT2D eigenvalue weighted by Gasteiger charge is 2.14. The molecule has 0 saturated heterocycles. The minimum Gasteiger partial charge on any atom is -0.490 e. The number of hydrogen-bond acceptors (Lipinski definition) is 4. The maximum atomic E-state index is 12.3. The van der Waals surface area contributed by atoms with E-state index in [0.717, 1.165) is 15.7 Å². The summed E-state index contributed by atoms with van der Waals surface area (Å²) in [6.45, 7) is 6.78. The molecule has 0 aliphatic heterocycles. The Morgan fingerprint density at radius 1 is 1.17 bits per heavy atom. The SMILES string of the molecule is CCOc1cc(Br)c(CC(=O)Nc2cccc(C)n2)cc1OCC. The molecule has 0 bridgehead atoms. The Kier molecular flexibility index (Phi) is 6.61. The lowest BCUT2D eigenvalue weighted by molar-refractivity contribution is -0.115. The van der Waals surface area contributed by atoms with Crippen LogP contribution in [0.15, 0.2) is 34.8 Å². The highest BCUT2D eigenvalue weighted by atomic mass is 79.9. The molecule has 0 aliphatic carbocycles. The second-order valence-electron chi connectivity index (χ2n) is 5.15. The van der Waals surface area contributed by atoms with E-state index in [2.05, 4.69) is 26.2 Å². The highest BCUT2D eigenvalue weighted by molar-refractivity contribution is 9.10. The van der Waals surface area contributed by atoms with Crippen molar-refractivity contribution in [2.24, 2.45) is 0 Å². The number of amides is 1. The molecule has 2 aromatic rings. The fraction of sp³-hybridized carbons (Fsp3) is 0.333. The lowest BCUT2D eigenvalue weighted by Crippen LogP contribution is -2.16. The zero-order chi connectivity index (χ0) is 17.5. The predicted molar refractivity (Wildman–Crippen MR) is 97.8 cm³/mol. The number of anilines is 1. The second-order valence-corrected chi connectivity index (χ2v) is 6.00. The van der Waals surface area contributed by atoms with Gasteiger partial charge in [0.05, 0.1) is 19.6 Å². The molecule has 24 heavy (non-hydrogen) atoms. The van der Waals surface area contributed by atoms with Crippen molar-refractivity contribution in [1.82, 2.24) is 4.98 Å². The van der Waals surface area contributed by atoms with E-state index in [1.165, 1.54) is 0 Å². The molecule has 0 atom stereocenters. The number of pyridine rings is 1. The van der Waals surface area contributed by atoms with E-state index in [4.69, 9.17) is 9.47 Å². The molecule has 5 nitrogen and oxygen atoms in total. The van der Waals surface area contributed by atoms with Gasteiger partial charge in [0, 0.05) is 10.2 Å². The molecule has 1 amide bonds. The Balaban J connectivity index is 2.15. The van der Waals surface area contributed by atoms with Crippen molar-refractivity contribution < 1.29 is 14.3 Å². The molecule has 0 unspecified atom stereocenters. The van der Waals surface area contributed by atoms with Crippen molar-refractivity contribution >= 4 is 27.7 Å². The summed E-state index contributed by atoms with van der Waals surface area (Å²) in [6, 6.07) is 9.18. The van der Waals surface area contributed by atoms with Crippen LogP contribution in [0.5, 0.6) is 11.5 Å². The Labute approximate surface area is 150 Å². The van der Waals surface area contributed by atoms with Crippen molar-refractivity contribution in [1.29, 1.82) is 0 Å². The summed E-state index contributed by atoms with van der Waals surface area (Å²) in [4.78, 5) is 16.6. The maximum absolute atomic E-state index is 12.3. The number of nitrogens with one attached hydrogen (secondary N) is 1. The van der Waals surface area contributed by atoms with E-state index in [1.54, 1.807) is 6.07 Å². The highest BCUT2D eigenvalue weighted by Crippen LogP contribution is 2.34. The van der Waals surface area contributed by atoms with Gasteiger partial charge in [0.15, 0.2) is 11.5 Å². The minimum absolute atomic E-state index is 0.139. The molecule has 0 spiro atoms. The first kappa shape index (κ1) is 18.3. The van der Waals surface area contributed by atoms with E-state index in [1.807, 2.05) is 45.0 Å². The van der Waals surface area contributed by atoms with Gasteiger partial charge in [-0.3, -0.25) is 4.79 Å². The van der Waals surface area contributed by atoms with Crippen molar-refractivity contribution in [2.75, 3.05) is 18.5 Å². The number of nitrogens with zero attached hydrogens (tertiary/aromatic N) is 1. The van der Waals surface area contributed by atoms with Crippen molar-refractivity contribution in [2.45, 2.75) is 27.2 Å². The monoisotopic (exact) mass is 392 g/mol. The normalized spacial score (nSPS) is 10.3. The average molecular weight is 393 g/mol. The molecular formula is C18H21BrN2O3. The smallest absolute Gasteiger partial charge is 0.229 e. The summed E-state index contributed by atoms with van der Waals surface area (Å²) in [5.74, 6) is 1.71. The van der Waals surface area contributed by atoms with E-state index < -0.39 is 0 Å². The fourth-order valence-electron chi connectivity index (χ4n) is 2.22. The first-order valence-corrected chi connectivity index (χ1v) is 8.64. The Bertz CT molecular complexity index is 719. The van der Waals surface area contributed by atoms with Crippen LogP contribution in [0, 0.1) is 6.92 Å². The fourth-order valence-corrected chi connectivity index (χ4v) is 2.68. The molecule has 128 valence electrons. The Morgan fingerprint density at radius 3 is 2.46 bits per heavy atom. The van der Waals surface area contributed by atoms with Gasteiger partial charge in [0.25, 0.3) is 0 Å². The molecule has 6 heteroatoms. The van der Waals surface area contributed by atoms with E-state index in [-0.39, 0.29) is 12.3 Å². The first-order valence-electron chi connectivity index (χ1n) is 7.85. The van der Waals surface area contributed by atoms with Gasteiger partial charge in [-0.1, -0.05) is 22.0 Å². The molecule has 1 aromatic carbocycles. The van der Waals surface area contributed by atoms with E-state index in [9.17, 15) is 4.79 Å². The summed E-state index contributed by atoms with van der Waals surface area (Å²) in [7, 11) is 0. The standard InChI is InChI=1S/C18H21BrN2O3/c1-4-23-15-9-13(14(19)11-16(15)24-5-2)10-18(22)21-17-8-6-7-12(3)20-17/h6-9,11H,4-5,10H2,1-3H3,(H,20,21,22). The van der Waals surface area contributed by atoms with Crippen LogP contribution in [0.2, 0.25) is 0 Å². The number of hydrogen-bond donors (Lipinski definition) is 1. The summed E-state index contributed by atoms with van der Waals surface area (Å²) >= 11 is 3.50. The van der Waals surface area contributed by atoms with Crippen LogP contribution >= 0.6 is 15.9 Å². The van der Waals surface area contributed by atoms with Crippen molar-refractivity contribution in [3.63, 3.8) is 0 Å². The van der Waals surface area contributed by atoms with Gasteiger partial charge in [-0.15, -0.1) is 0 Å². The van der Waals surface area contributed by atoms with Crippen LogP contribution < -0.4 is 14.8 Å². The van der Waals surface area contributed by atoms with Gasteiger partial charge in [0.2, 0.25) is 5.91 Å². The molecule has 1 aromatic heterocycles. The van der Waals surface area contributed by atoms with Crippen molar-refractivity contribution in [3.05, 3.63) is 46.1 Å². The van der Waals surface area contributed by atoms with Gasteiger partial charge in [-0.25, -0.2) is 4.98 Å². The number of aromatic nitrogens is 1. The molecule has 1 heterocycles. The number of benzene rings is 1. The predicted octanol–water partition coefficient (Wildman–Crippen LogP) is 4.13. The number of rotatable bonds is 7. The van der Waals surface area contributed by atoms with Gasteiger partial charge in [-0.2, -0.15) is 0 Å². The quantitative estimate of drug-likeness (QED) is 0.769. The van der Waals surface area contributed by atoms with Crippen LogP contribution in [-0.2, 0) is 11.2 Å². The zero-order valence-electron chi connectivity index (χ0n) is 14.1. The molecule has 0 saturated carbocycles. The van der Waals surface area contributed by atoms with Gasteiger partial charge >= 0.3 is 0 Å². The Morgan fingerprint density at radius 2 is 1.83 bits per heavy atom. The van der Waals surface area contributed by atoms with Gasteiger partial charge in [-0.05, 0) is 50.6 Å². The lowest BCUT2D eigenvalue weighted by Gasteiger charge is -2.14. The number of carbonyl (C=O) groups is 1. The van der Waals surface area contributed by atoms with Crippen LogP contribution in [-0.4, -0.2) is 24.1 Å². The molecule has 0 aliphatic rings. The molecule has 0 fully saturated rings. The summed E-state index contributed by atoms with van der Waals surface area (Å²) in [6.07, 6.45) is 0.211. The van der Waals surface area contributed by atoms with E-state index >= 15 is 0 Å². The number of ether oxygens (including phenoxy) is 2. The molecule has 2 rings (SSSR count). The first-order chi connectivity index (χ1) is 11.5. The van der Waals surface area contributed by atoms with Crippen LogP contribution in [0.4, 0.5) is 5.82 Å². The number of halogens is 1. The maximum Gasteiger partial charge on any atom is 0.229 e. The summed E-state index contributed by atoms with van der Waals surface area (Å²) < 4.78 is 12.0. The van der Waals surface area contributed by atoms with E-state index in [0.29, 0.717) is 30.5 Å². The summed E-state index contributed by atoms with van der Waals surface area (Å²) in [5.41, 5.74) is 1.68. The van der Waals surface area contributed by atoms with Gasteiger partial charge in [0.1, 0.15) is 5.82 Å². The topological polar surface area (TPSA) is 60.5 Å². The zero-order valence-corrected chi connectivity index (χ0v) is 15.6. The average Bonchev–Trinajstić information content (AvgIpc) is 2.52. The largest absolute Gasteiger partial charge is 0.490 e. The van der Waals surface area contributed by atoms with Crippen LogP contribution in [0.25, 0.3) is 0 Å². The second kappa shape index (κ2) is 8.68. The third-order valence-corrected chi connectivity index (χ3v) is 3.96. The molecule has 0 radical (unpaired) electrons. The van der Waals surface area contributed by atoms with Crippen LogP contribution in [0.3, 0.4) is 0 Å². The third-order valence-electron chi connectivity index (χ3n) is 3.22. The number of carbonyl (C=O) groups excluding carboxylic acids is 1.